The highest BCUT2D eigenvalue weighted by molar-refractivity contribution is 7.90. The Balaban J connectivity index is 1.89. The van der Waals surface area contributed by atoms with Gasteiger partial charge >= 0.3 is 0 Å². The highest BCUT2D eigenvalue weighted by Gasteiger charge is 2.25. The molecule has 1 aliphatic rings. The first-order chi connectivity index (χ1) is 13.0. The largest absolute Gasteiger partial charge is 0.496 e. The predicted octanol–water partition coefficient (Wildman–Crippen LogP) is 3.13. The number of benzene rings is 1. The second-order valence-corrected chi connectivity index (χ2v) is 8.84. The molecule has 0 bridgehead atoms. The van der Waals surface area contributed by atoms with Crippen molar-refractivity contribution in [1.82, 2.24) is 9.88 Å². The molecular weight excluding hydrogens is 362 g/mol. The van der Waals surface area contributed by atoms with Gasteiger partial charge in [0, 0.05) is 24.6 Å². The van der Waals surface area contributed by atoms with Crippen molar-refractivity contribution in [3.8, 4) is 5.75 Å². The first-order valence-corrected chi connectivity index (χ1v) is 11.2. The smallest absolute Gasteiger partial charge is 0.179 e. The maximum atomic E-state index is 12.1. The van der Waals surface area contributed by atoms with E-state index < -0.39 is 9.84 Å². The molecule has 0 saturated carbocycles. The number of hydrogen-bond acceptors (Lipinski definition) is 6. The van der Waals surface area contributed by atoms with E-state index in [9.17, 15) is 8.42 Å². The van der Waals surface area contributed by atoms with Crippen molar-refractivity contribution in [2.24, 2.45) is 0 Å². The van der Waals surface area contributed by atoms with Crippen LogP contribution in [0.25, 0.3) is 0 Å². The molecule has 2 aromatic rings. The van der Waals surface area contributed by atoms with Gasteiger partial charge in [0.05, 0.1) is 13.2 Å². The number of ether oxygens (including phenoxy) is 1. The minimum atomic E-state index is -3.35. The number of piperidine rings is 1. The Labute approximate surface area is 161 Å². The molecule has 1 N–H and O–H groups in total. The Morgan fingerprint density at radius 2 is 1.89 bits per heavy atom. The van der Waals surface area contributed by atoms with Gasteiger partial charge in [0.25, 0.3) is 0 Å². The van der Waals surface area contributed by atoms with E-state index in [-0.39, 0.29) is 10.9 Å². The number of sulfone groups is 1. The van der Waals surface area contributed by atoms with E-state index in [1.165, 1.54) is 25.5 Å². The molecule has 6 nitrogen and oxygen atoms in total. The van der Waals surface area contributed by atoms with Crippen LogP contribution >= 0.6 is 0 Å². The maximum Gasteiger partial charge on any atom is 0.179 e. The molecule has 0 aliphatic carbocycles. The first-order valence-electron chi connectivity index (χ1n) is 9.26. The van der Waals surface area contributed by atoms with Crippen LogP contribution in [-0.2, 0) is 9.84 Å². The zero-order valence-corrected chi connectivity index (χ0v) is 16.7. The lowest BCUT2D eigenvalue weighted by molar-refractivity contribution is 0.167. The summed E-state index contributed by atoms with van der Waals surface area (Å²) in [5.41, 5.74) is 1.10. The number of anilines is 1. The van der Waals surface area contributed by atoms with Crippen molar-refractivity contribution in [3.05, 3.63) is 48.2 Å². The molecule has 0 radical (unpaired) electrons. The number of rotatable bonds is 7. The molecule has 0 amide bonds. The molecule has 146 valence electrons. The molecule has 7 heteroatoms. The Kier molecular flexibility index (Phi) is 6.34. The summed E-state index contributed by atoms with van der Waals surface area (Å²) < 4.78 is 29.7. The van der Waals surface area contributed by atoms with E-state index in [1.54, 1.807) is 25.4 Å². The average molecular weight is 390 g/mol. The second kappa shape index (κ2) is 8.71. The standard InChI is InChI=1S/C20H27N3O3S/c1-26-18-10-5-4-9-16(18)17(23-13-6-3-7-14-23)15-22-20-19(27(2,24)25)11-8-12-21-20/h4-5,8-12,17H,3,6-7,13-15H2,1-2H3,(H,21,22). The molecular formula is C20H27N3O3S. The maximum absolute atomic E-state index is 12.1. The molecule has 1 aromatic heterocycles. The molecule has 1 aliphatic heterocycles. The highest BCUT2D eigenvalue weighted by Crippen LogP contribution is 2.32. The SMILES string of the molecule is COc1ccccc1C(CNc1ncccc1S(C)(=O)=O)N1CCCCC1. The number of aromatic nitrogens is 1. The van der Waals surface area contributed by atoms with Gasteiger partial charge < -0.3 is 10.1 Å². The van der Waals surface area contributed by atoms with Gasteiger partial charge in [-0.1, -0.05) is 24.6 Å². The summed E-state index contributed by atoms with van der Waals surface area (Å²) in [5.74, 6) is 1.25. The zero-order valence-electron chi connectivity index (χ0n) is 15.9. The Hall–Kier alpha value is -2.12. The lowest BCUT2D eigenvalue weighted by Crippen LogP contribution is -2.37. The molecule has 1 atom stereocenters. The lowest BCUT2D eigenvalue weighted by Gasteiger charge is -2.35. The molecule has 2 heterocycles. The predicted molar refractivity (Wildman–Crippen MR) is 107 cm³/mol. The van der Waals surface area contributed by atoms with Crippen molar-refractivity contribution in [2.45, 2.75) is 30.2 Å². The summed E-state index contributed by atoms with van der Waals surface area (Å²) in [6.45, 7) is 2.59. The molecule has 1 unspecified atom stereocenters. The number of pyridine rings is 1. The van der Waals surface area contributed by atoms with Gasteiger partial charge in [-0.25, -0.2) is 13.4 Å². The van der Waals surface area contributed by atoms with E-state index >= 15 is 0 Å². The van der Waals surface area contributed by atoms with Crippen LogP contribution in [-0.4, -0.2) is 51.3 Å². The van der Waals surface area contributed by atoms with Crippen LogP contribution in [0, 0.1) is 0 Å². The number of nitrogens with zero attached hydrogens (tertiary/aromatic N) is 2. The quantitative estimate of drug-likeness (QED) is 0.784. The average Bonchev–Trinajstić information content (AvgIpc) is 2.69. The monoisotopic (exact) mass is 389 g/mol. The zero-order chi connectivity index (χ0) is 19.3. The van der Waals surface area contributed by atoms with Crippen LogP contribution in [0.15, 0.2) is 47.5 Å². The van der Waals surface area contributed by atoms with Gasteiger partial charge in [-0.15, -0.1) is 0 Å². The number of para-hydroxylation sites is 1. The molecule has 3 rings (SSSR count). The third-order valence-corrected chi connectivity index (χ3v) is 6.09. The van der Waals surface area contributed by atoms with Gasteiger partial charge in [-0.2, -0.15) is 0 Å². The Morgan fingerprint density at radius 1 is 1.15 bits per heavy atom. The van der Waals surface area contributed by atoms with Crippen molar-refractivity contribution in [1.29, 1.82) is 0 Å². The molecule has 1 saturated heterocycles. The number of methoxy groups -OCH3 is 1. The van der Waals surface area contributed by atoms with Crippen molar-refractivity contribution in [2.75, 3.05) is 38.3 Å². The summed E-state index contributed by atoms with van der Waals surface area (Å²) in [6.07, 6.45) is 6.41. The molecule has 27 heavy (non-hydrogen) atoms. The summed E-state index contributed by atoms with van der Waals surface area (Å²) in [5, 5.41) is 3.28. The van der Waals surface area contributed by atoms with E-state index in [1.807, 2.05) is 18.2 Å². The highest BCUT2D eigenvalue weighted by atomic mass is 32.2. The summed E-state index contributed by atoms with van der Waals surface area (Å²) in [4.78, 5) is 6.92. The van der Waals surface area contributed by atoms with Gasteiger partial charge in [-0.05, 0) is 44.1 Å². The third-order valence-electron chi connectivity index (χ3n) is 4.96. The Morgan fingerprint density at radius 3 is 2.59 bits per heavy atom. The summed E-state index contributed by atoms with van der Waals surface area (Å²) in [7, 11) is -1.67. The second-order valence-electron chi connectivity index (χ2n) is 6.86. The number of hydrogen-bond donors (Lipinski definition) is 1. The topological polar surface area (TPSA) is 71.5 Å². The van der Waals surface area contributed by atoms with E-state index in [0.717, 1.165) is 24.4 Å². The summed E-state index contributed by atoms with van der Waals surface area (Å²) >= 11 is 0. The minimum Gasteiger partial charge on any atom is -0.496 e. The fourth-order valence-corrected chi connectivity index (χ4v) is 4.43. The fourth-order valence-electron chi connectivity index (χ4n) is 3.62. The Bertz CT molecular complexity index is 864. The molecule has 1 fully saturated rings. The van der Waals surface area contributed by atoms with Gasteiger partial charge in [0.15, 0.2) is 9.84 Å². The van der Waals surface area contributed by atoms with Crippen LogP contribution in [0.3, 0.4) is 0 Å². The van der Waals surface area contributed by atoms with E-state index in [2.05, 4.69) is 21.3 Å². The van der Waals surface area contributed by atoms with Crippen LogP contribution in [0.4, 0.5) is 5.82 Å². The van der Waals surface area contributed by atoms with Gasteiger partial charge in [0.2, 0.25) is 0 Å². The molecule has 1 aromatic carbocycles. The first kappa shape index (κ1) is 19.6. The van der Waals surface area contributed by atoms with Gasteiger partial charge in [0.1, 0.15) is 16.5 Å². The van der Waals surface area contributed by atoms with Crippen molar-refractivity contribution in [3.63, 3.8) is 0 Å². The van der Waals surface area contributed by atoms with Crippen LogP contribution < -0.4 is 10.1 Å². The van der Waals surface area contributed by atoms with E-state index in [0.29, 0.717) is 12.4 Å². The third kappa shape index (κ3) is 4.78. The van der Waals surface area contributed by atoms with E-state index in [4.69, 9.17) is 4.74 Å². The molecule has 0 spiro atoms. The lowest BCUT2D eigenvalue weighted by atomic mass is 10.0. The van der Waals surface area contributed by atoms with Crippen LogP contribution in [0.1, 0.15) is 30.9 Å². The van der Waals surface area contributed by atoms with Crippen molar-refractivity contribution < 1.29 is 13.2 Å². The van der Waals surface area contributed by atoms with Gasteiger partial charge in [-0.3, -0.25) is 4.90 Å². The van der Waals surface area contributed by atoms with Crippen LogP contribution in [0.2, 0.25) is 0 Å². The van der Waals surface area contributed by atoms with Crippen LogP contribution in [0.5, 0.6) is 5.75 Å². The minimum absolute atomic E-state index is 0.0795. The van der Waals surface area contributed by atoms with Crippen molar-refractivity contribution >= 4 is 15.7 Å². The fraction of sp³-hybridized carbons (Fsp3) is 0.450. The number of nitrogens with one attached hydrogen (secondary N) is 1. The number of likely N-dealkylation sites (tertiary alicyclic amines) is 1. The normalized spacial score (nSPS) is 16.7. The summed E-state index contributed by atoms with van der Waals surface area (Å²) in [6, 6.07) is 11.3.